The number of carbonyl (C=O) groups is 3. The zero-order chi connectivity index (χ0) is 17.6. The summed E-state index contributed by atoms with van der Waals surface area (Å²) in [4.78, 5) is 38.2. The Labute approximate surface area is 143 Å². The molecule has 0 saturated carbocycles. The van der Waals surface area contributed by atoms with Crippen LogP contribution in [0, 0.1) is 6.92 Å². The summed E-state index contributed by atoms with van der Waals surface area (Å²) in [6.45, 7) is 1.57. The Bertz CT molecular complexity index is 1030. The van der Waals surface area contributed by atoms with Crippen molar-refractivity contribution in [3.05, 3.63) is 88.4 Å². The van der Waals surface area contributed by atoms with Gasteiger partial charge in [0.1, 0.15) is 5.76 Å². The smallest absolute Gasteiger partial charge is 0.259 e. The van der Waals surface area contributed by atoms with E-state index in [1.807, 2.05) is 6.07 Å². The van der Waals surface area contributed by atoms with E-state index >= 15 is 0 Å². The highest BCUT2D eigenvalue weighted by Crippen LogP contribution is 2.33. The summed E-state index contributed by atoms with van der Waals surface area (Å²) in [5.41, 5.74) is 1.32. The second-order valence-electron chi connectivity index (χ2n) is 5.76. The average Bonchev–Trinajstić information content (AvgIpc) is 2.98. The van der Waals surface area contributed by atoms with Crippen LogP contribution in [0.5, 0.6) is 0 Å². The van der Waals surface area contributed by atoms with Crippen LogP contribution in [-0.4, -0.2) is 17.5 Å². The van der Waals surface area contributed by atoms with E-state index in [9.17, 15) is 14.4 Å². The molecule has 0 aliphatic heterocycles. The molecule has 4 rings (SSSR count). The maximum absolute atomic E-state index is 12.9. The van der Waals surface area contributed by atoms with E-state index in [0.29, 0.717) is 11.3 Å². The lowest BCUT2D eigenvalue weighted by Crippen LogP contribution is -2.23. The number of hydrogen-bond donors (Lipinski definition) is 1. The molecule has 0 radical (unpaired) electrons. The number of hydrogen-bond acceptors (Lipinski definition) is 4. The minimum atomic E-state index is -0.478. The van der Waals surface area contributed by atoms with Gasteiger partial charge < -0.3 is 9.73 Å². The fourth-order valence-corrected chi connectivity index (χ4v) is 3.05. The lowest BCUT2D eigenvalue weighted by Gasteiger charge is -2.13. The van der Waals surface area contributed by atoms with E-state index in [2.05, 4.69) is 5.32 Å². The quantitative estimate of drug-likeness (QED) is 0.609. The van der Waals surface area contributed by atoms with Gasteiger partial charge in [-0.1, -0.05) is 42.5 Å². The molecule has 1 amide bonds. The number of nitrogens with one attached hydrogen (secondary N) is 1. The van der Waals surface area contributed by atoms with Gasteiger partial charge >= 0.3 is 0 Å². The SMILES string of the molecule is Cc1oc2c(c1C(=O)Nc1ccccc1)C(=O)c1ccccc1C2=O. The van der Waals surface area contributed by atoms with Gasteiger partial charge in [0.2, 0.25) is 5.78 Å². The Balaban J connectivity index is 1.82. The standard InChI is InChI=1S/C20H13NO4/c1-11-15(20(24)21-12-7-3-2-4-8-12)16-17(22)13-9-5-6-10-14(13)18(23)19(16)25-11/h2-10H,1H3,(H,21,24). The number of amides is 1. The molecule has 25 heavy (non-hydrogen) atoms. The lowest BCUT2D eigenvalue weighted by molar-refractivity contribution is 0.0957. The third-order valence-electron chi connectivity index (χ3n) is 4.19. The van der Waals surface area contributed by atoms with Gasteiger partial charge in [-0.15, -0.1) is 0 Å². The van der Waals surface area contributed by atoms with Crippen LogP contribution >= 0.6 is 0 Å². The van der Waals surface area contributed by atoms with E-state index in [0.717, 1.165) is 0 Å². The van der Waals surface area contributed by atoms with Gasteiger partial charge in [-0.3, -0.25) is 14.4 Å². The Hall–Kier alpha value is -3.47. The minimum Gasteiger partial charge on any atom is -0.456 e. The number of aryl methyl sites for hydroxylation is 1. The normalized spacial score (nSPS) is 12.5. The monoisotopic (exact) mass is 331 g/mol. The van der Waals surface area contributed by atoms with Gasteiger partial charge in [-0.25, -0.2) is 0 Å². The van der Waals surface area contributed by atoms with Crippen LogP contribution in [0.1, 0.15) is 48.2 Å². The Morgan fingerprint density at radius 1 is 0.880 bits per heavy atom. The van der Waals surface area contributed by atoms with Gasteiger partial charge in [-0.2, -0.15) is 0 Å². The van der Waals surface area contributed by atoms with Crippen LogP contribution in [0.15, 0.2) is 59.0 Å². The number of para-hydroxylation sites is 1. The predicted molar refractivity (Wildman–Crippen MR) is 91.1 cm³/mol. The molecule has 1 aromatic heterocycles. The average molecular weight is 331 g/mol. The first-order valence-corrected chi connectivity index (χ1v) is 7.76. The van der Waals surface area contributed by atoms with E-state index in [4.69, 9.17) is 4.42 Å². The van der Waals surface area contributed by atoms with Crippen LogP contribution in [0.4, 0.5) is 5.69 Å². The molecule has 0 bridgehead atoms. The molecule has 5 nitrogen and oxygen atoms in total. The second kappa shape index (κ2) is 5.56. The zero-order valence-electron chi connectivity index (χ0n) is 13.3. The van der Waals surface area contributed by atoms with Gasteiger partial charge in [0, 0.05) is 16.8 Å². The molecule has 1 N–H and O–H groups in total. The Morgan fingerprint density at radius 3 is 2.16 bits per heavy atom. The second-order valence-corrected chi connectivity index (χ2v) is 5.76. The van der Waals surface area contributed by atoms with Crippen molar-refractivity contribution in [1.82, 2.24) is 0 Å². The minimum absolute atomic E-state index is 0.0367. The maximum Gasteiger partial charge on any atom is 0.259 e. The summed E-state index contributed by atoms with van der Waals surface area (Å²) < 4.78 is 5.50. The van der Waals surface area contributed by atoms with Crippen LogP contribution in [0.25, 0.3) is 0 Å². The largest absolute Gasteiger partial charge is 0.456 e. The molecule has 1 aliphatic carbocycles. The van der Waals surface area contributed by atoms with E-state index in [1.54, 1.807) is 55.5 Å². The highest BCUT2D eigenvalue weighted by molar-refractivity contribution is 6.30. The molecule has 0 spiro atoms. The van der Waals surface area contributed by atoms with Crippen molar-refractivity contribution in [3.8, 4) is 0 Å². The molecule has 1 aliphatic rings. The van der Waals surface area contributed by atoms with Gasteiger partial charge in [-0.05, 0) is 19.1 Å². The summed E-state index contributed by atoms with van der Waals surface area (Å²) in [6.07, 6.45) is 0. The molecule has 0 atom stereocenters. The predicted octanol–water partition coefficient (Wildman–Crippen LogP) is 3.62. The van der Waals surface area contributed by atoms with E-state index < -0.39 is 5.91 Å². The van der Waals surface area contributed by atoms with Crippen molar-refractivity contribution < 1.29 is 18.8 Å². The highest BCUT2D eigenvalue weighted by Gasteiger charge is 2.38. The first-order valence-electron chi connectivity index (χ1n) is 7.76. The molecular weight excluding hydrogens is 318 g/mol. The molecule has 3 aromatic rings. The molecule has 0 fully saturated rings. The van der Waals surface area contributed by atoms with Crippen molar-refractivity contribution in [2.24, 2.45) is 0 Å². The van der Waals surface area contributed by atoms with E-state index in [1.165, 1.54) is 0 Å². The molecular formula is C20H13NO4. The molecule has 2 aromatic carbocycles. The van der Waals surface area contributed by atoms with Crippen LogP contribution in [-0.2, 0) is 0 Å². The zero-order valence-corrected chi connectivity index (χ0v) is 13.3. The van der Waals surface area contributed by atoms with Gasteiger partial charge in [0.25, 0.3) is 5.91 Å². The van der Waals surface area contributed by atoms with Crippen LogP contribution in [0.3, 0.4) is 0 Å². The number of carbonyl (C=O) groups excluding carboxylic acids is 3. The maximum atomic E-state index is 12.9. The van der Waals surface area contributed by atoms with Crippen molar-refractivity contribution in [3.63, 3.8) is 0 Å². The van der Waals surface area contributed by atoms with Crippen molar-refractivity contribution in [2.45, 2.75) is 6.92 Å². The fraction of sp³-hybridized carbons (Fsp3) is 0.0500. The fourth-order valence-electron chi connectivity index (χ4n) is 3.05. The van der Waals surface area contributed by atoms with Crippen molar-refractivity contribution >= 4 is 23.2 Å². The number of ketones is 2. The van der Waals surface area contributed by atoms with Crippen molar-refractivity contribution in [1.29, 1.82) is 0 Å². The summed E-state index contributed by atoms with van der Waals surface area (Å²) in [5.74, 6) is -1.06. The molecule has 122 valence electrons. The summed E-state index contributed by atoms with van der Waals surface area (Å²) >= 11 is 0. The third kappa shape index (κ3) is 2.29. The van der Waals surface area contributed by atoms with Crippen LogP contribution < -0.4 is 5.32 Å². The topological polar surface area (TPSA) is 76.4 Å². The third-order valence-corrected chi connectivity index (χ3v) is 4.19. The number of fused-ring (bicyclic) bond motifs is 2. The number of anilines is 1. The number of furan rings is 1. The molecule has 1 heterocycles. The first kappa shape index (κ1) is 15.1. The van der Waals surface area contributed by atoms with Crippen molar-refractivity contribution in [2.75, 3.05) is 5.32 Å². The summed E-state index contributed by atoms with van der Waals surface area (Å²) in [7, 11) is 0. The van der Waals surface area contributed by atoms with Gasteiger partial charge in [0.15, 0.2) is 11.5 Å². The first-order chi connectivity index (χ1) is 12.1. The molecule has 5 heteroatoms. The summed E-state index contributed by atoms with van der Waals surface area (Å²) in [6, 6.07) is 15.4. The highest BCUT2D eigenvalue weighted by atomic mass is 16.4. The van der Waals surface area contributed by atoms with Gasteiger partial charge in [0.05, 0.1) is 11.1 Å². The number of rotatable bonds is 2. The van der Waals surface area contributed by atoms with E-state index in [-0.39, 0.29) is 39.8 Å². The number of benzene rings is 2. The molecule has 0 unspecified atom stereocenters. The Kier molecular flexibility index (Phi) is 3.35. The molecule has 0 saturated heterocycles. The summed E-state index contributed by atoms with van der Waals surface area (Å²) in [5, 5.41) is 2.73. The lowest BCUT2D eigenvalue weighted by atomic mass is 9.86. The Morgan fingerprint density at radius 2 is 1.48 bits per heavy atom. The van der Waals surface area contributed by atoms with Crippen LogP contribution in [0.2, 0.25) is 0 Å².